The number of ether oxygens (including phenoxy) is 2. The van der Waals surface area contributed by atoms with Gasteiger partial charge in [-0.05, 0) is 101 Å². The number of anilines is 1. The van der Waals surface area contributed by atoms with Crippen LogP contribution in [0, 0.1) is 15.4 Å². The maximum atomic E-state index is 13.8. The number of thioether (sulfide) groups is 1. The van der Waals surface area contributed by atoms with Crippen LogP contribution in [-0.4, -0.2) is 46.2 Å². The van der Waals surface area contributed by atoms with E-state index in [2.05, 4.69) is 39.7 Å². The smallest absolute Gasteiger partial charge is 0.241 e. The molecule has 0 spiro atoms. The van der Waals surface area contributed by atoms with E-state index in [1.165, 1.54) is 23.9 Å². The van der Waals surface area contributed by atoms with Crippen molar-refractivity contribution < 1.29 is 27.5 Å². The summed E-state index contributed by atoms with van der Waals surface area (Å²) in [5.74, 6) is 7.05. The molecule has 12 heteroatoms. The lowest BCUT2D eigenvalue weighted by molar-refractivity contribution is -0.124. The number of rotatable bonds is 10. The van der Waals surface area contributed by atoms with Crippen LogP contribution in [0.2, 0.25) is 0 Å². The van der Waals surface area contributed by atoms with Crippen LogP contribution in [0.4, 0.5) is 5.69 Å². The van der Waals surface area contributed by atoms with E-state index in [4.69, 9.17) is 14.6 Å². The van der Waals surface area contributed by atoms with Crippen molar-refractivity contribution in [3.63, 3.8) is 0 Å². The second kappa shape index (κ2) is 15.2. The van der Waals surface area contributed by atoms with Gasteiger partial charge in [0, 0.05) is 33.4 Å². The Morgan fingerprint density at radius 1 is 0.936 bits per heavy atom. The van der Waals surface area contributed by atoms with Gasteiger partial charge in [0.2, 0.25) is 21.8 Å². The molecule has 47 heavy (non-hydrogen) atoms. The zero-order valence-corrected chi connectivity index (χ0v) is 29.4. The molecule has 0 saturated carbocycles. The second-order valence-corrected chi connectivity index (χ2v) is 14.6. The molecule has 0 aliphatic carbocycles. The maximum absolute atomic E-state index is 13.8. The van der Waals surface area contributed by atoms with E-state index in [1.54, 1.807) is 31.3 Å². The highest BCUT2D eigenvalue weighted by atomic mass is 127. The molecule has 0 radical (unpaired) electrons. The molecule has 2 amide bonds. The van der Waals surface area contributed by atoms with Crippen molar-refractivity contribution in [1.29, 1.82) is 0 Å². The van der Waals surface area contributed by atoms with Gasteiger partial charge in [-0.15, -0.1) is 11.8 Å². The number of methoxy groups -OCH3 is 2. The highest BCUT2D eigenvalue weighted by Crippen LogP contribution is 2.46. The van der Waals surface area contributed by atoms with Crippen LogP contribution in [0.15, 0.2) is 95.9 Å². The summed E-state index contributed by atoms with van der Waals surface area (Å²) in [5, 5.41) is 7.13. The van der Waals surface area contributed by atoms with Gasteiger partial charge < -0.3 is 14.8 Å². The number of benzene rings is 4. The van der Waals surface area contributed by atoms with Gasteiger partial charge in [0.15, 0.2) is 11.5 Å². The maximum Gasteiger partial charge on any atom is 0.241 e. The van der Waals surface area contributed by atoms with Crippen LogP contribution < -0.4 is 24.8 Å². The average Bonchev–Trinajstić information content (AvgIpc) is 3.39. The van der Waals surface area contributed by atoms with E-state index in [9.17, 15) is 18.0 Å². The molecule has 1 fully saturated rings. The van der Waals surface area contributed by atoms with Gasteiger partial charge in [0.25, 0.3) is 0 Å². The van der Waals surface area contributed by atoms with E-state index < -0.39 is 20.6 Å². The fourth-order valence-electron chi connectivity index (χ4n) is 5.03. The fourth-order valence-corrected chi connectivity index (χ4v) is 7.70. The normalized spacial score (nSPS) is 15.9. The standard InChI is InChI=1S/C35H32IN3O6S2/c1-44-30-20-26(29(36)21-31(30)45-2)18-19-38-33(40)22-32-34(41)39(27-14-16-28(17-15-27)47(37,42)43)35(46-32)25-12-10-24(11-13-25)9-8-23-6-4-3-5-7-23/h3-7,10-17,20-21,32,35H,18-19,22H2,1-2H3,(H,38,40)(H2,37,42,43)/t32-,35+/m1/s1. The van der Waals surface area contributed by atoms with Crippen LogP contribution in [0.3, 0.4) is 0 Å². The molecule has 2 atom stereocenters. The summed E-state index contributed by atoms with van der Waals surface area (Å²) < 4.78 is 35.4. The molecule has 9 nitrogen and oxygen atoms in total. The van der Waals surface area contributed by atoms with E-state index in [0.717, 1.165) is 25.8 Å². The lowest BCUT2D eigenvalue weighted by atomic mass is 10.1. The Kier molecular flexibility index (Phi) is 11.1. The lowest BCUT2D eigenvalue weighted by Crippen LogP contribution is -2.34. The number of carbonyl (C=O) groups is 2. The summed E-state index contributed by atoms with van der Waals surface area (Å²) in [5.41, 5.74) is 4.06. The van der Waals surface area contributed by atoms with Gasteiger partial charge in [-0.1, -0.05) is 42.2 Å². The molecule has 4 aromatic carbocycles. The number of hydrogen-bond acceptors (Lipinski definition) is 7. The predicted octanol–water partition coefficient (Wildman–Crippen LogP) is 5.25. The number of nitrogens with one attached hydrogen (secondary N) is 1. The van der Waals surface area contributed by atoms with E-state index >= 15 is 0 Å². The third kappa shape index (κ3) is 8.47. The summed E-state index contributed by atoms with van der Waals surface area (Å²) in [6.45, 7) is 0.379. The number of amides is 2. The van der Waals surface area contributed by atoms with Crippen molar-refractivity contribution >= 4 is 61.9 Å². The highest BCUT2D eigenvalue weighted by molar-refractivity contribution is 14.1. The molecule has 242 valence electrons. The van der Waals surface area contributed by atoms with E-state index in [0.29, 0.717) is 30.2 Å². The first kappa shape index (κ1) is 34.3. The number of sulfonamides is 1. The van der Waals surface area contributed by atoms with Crippen molar-refractivity contribution in [3.05, 3.63) is 117 Å². The second-order valence-electron chi connectivity index (χ2n) is 10.6. The first-order valence-electron chi connectivity index (χ1n) is 14.5. The van der Waals surface area contributed by atoms with Gasteiger partial charge in [-0.2, -0.15) is 0 Å². The molecular formula is C35H32IN3O6S2. The Morgan fingerprint density at radius 3 is 2.17 bits per heavy atom. The van der Waals surface area contributed by atoms with Crippen LogP contribution in [-0.2, 0) is 26.0 Å². The molecule has 0 unspecified atom stereocenters. The molecule has 1 saturated heterocycles. The Morgan fingerprint density at radius 2 is 1.55 bits per heavy atom. The van der Waals surface area contributed by atoms with Crippen LogP contribution in [0.25, 0.3) is 0 Å². The molecular weight excluding hydrogens is 749 g/mol. The number of hydrogen-bond donors (Lipinski definition) is 2. The monoisotopic (exact) mass is 781 g/mol. The predicted molar refractivity (Wildman–Crippen MR) is 192 cm³/mol. The SMILES string of the molecule is COc1cc(I)c(CCNC(=O)C[C@H]2S[C@@H](c3ccc(C#Cc4ccccc4)cc3)N(c3ccc(S(N)(=O)=O)cc3)C2=O)cc1OC. The Balaban J connectivity index is 1.32. The van der Waals surface area contributed by atoms with Crippen LogP contribution >= 0.6 is 34.4 Å². The van der Waals surface area contributed by atoms with Gasteiger partial charge in [-0.25, -0.2) is 13.6 Å². The van der Waals surface area contributed by atoms with E-state index in [-0.39, 0.29) is 23.1 Å². The van der Waals surface area contributed by atoms with Crippen molar-refractivity contribution in [1.82, 2.24) is 5.32 Å². The van der Waals surface area contributed by atoms with E-state index in [1.807, 2.05) is 66.7 Å². The van der Waals surface area contributed by atoms with Crippen molar-refractivity contribution in [2.75, 3.05) is 25.7 Å². The van der Waals surface area contributed by atoms with Gasteiger partial charge in [0.05, 0.1) is 24.4 Å². The first-order chi connectivity index (χ1) is 22.6. The fraction of sp³-hybridized carbons (Fsp3) is 0.200. The largest absolute Gasteiger partial charge is 0.493 e. The quantitative estimate of drug-likeness (QED) is 0.166. The summed E-state index contributed by atoms with van der Waals surface area (Å²) >= 11 is 3.60. The van der Waals surface area contributed by atoms with Crippen molar-refractivity contribution in [2.45, 2.75) is 28.4 Å². The molecule has 0 bridgehead atoms. The number of nitrogens with zero attached hydrogens (tertiary/aromatic N) is 1. The minimum absolute atomic E-state index is 0.0184. The number of nitrogens with two attached hydrogens (primary N) is 1. The van der Waals surface area contributed by atoms with Crippen molar-refractivity contribution in [2.24, 2.45) is 5.14 Å². The minimum atomic E-state index is -3.91. The zero-order chi connectivity index (χ0) is 33.6. The van der Waals surface area contributed by atoms with Gasteiger partial charge in [0.1, 0.15) is 5.37 Å². The summed E-state index contributed by atoms with van der Waals surface area (Å²) in [7, 11) is -0.750. The summed E-state index contributed by atoms with van der Waals surface area (Å²) in [6, 6.07) is 26.9. The number of primary sulfonamides is 1. The Labute approximate surface area is 292 Å². The Hall–Kier alpha value is -4.03. The molecule has 5 rings (SSSR count). The van der Waals surface area contributed by atoms with Crippen LogP contribution in [0.1, 0.15) is 34.0 Å². The first-order valence-corrected chi connectivity index (χ1v) is 18.1. The van der Waals surface area contributed by atoms with Gasteiger partial charge in [-0.3, -0.25) is 14.5 Å². The number of halogens is 1. The topological polar surface area (TPSA) is 128 Å². The number of carbonyl (C=O) groups excluding carboxylic acids is 2. The average molecular weight is 782 g/mol. The Bertz CT molecular complexity index is 1930. The van der Waals surface area contributed by atoms with Crippen LogP contribution in [0.5, 0.6) is 11.5 Å². The zero-order valence-electron chi connectivity index (χ0n) is 25.6. The molecule has 4 aromatic rings. The highest BCUT2D eigenvalue weighted by Gasteiger charge is 2.42. The molecule has 1 aliphatic heterocycles. The third-order valence-corrected chi connectivity index (χ3v) is 10.8. The molecule has 1 aliphatic rings. The molecule has 3 N–H and O–H groups in total. The minimum Gasteiger partial charge on any atom is -0.493 e. The molecule has 0 aromatic heterocycles. The lowest BCUT2D eigenvalue weighted by Gasteiger charge is -2.24. The van der Waals surface area contributed by atoms with Crippen molar-refractivity contribution in [3.8, 4) is 23.3 Å². The van der Waals surface area contributed by atoms with Gasteiger partial charge >= 0.3 is 0 Å². The summed E-state index contributed by atoms with van der Waals surface area (Å²) in [6.07, 6.45) is 0.552. The summed E-state index contributed by atoms with van der Waals surface area (Å²) in [4.78, 5) is 28.5. The molecule has 1 heterocycles. The third-order valence-electron chi connectivity index (χ3n) is 7.44.